The number of rotatable bonds is 4. The molecule has 10 heteroatoms. The van der Waals surface area contributed by atoms with E-state index in [2.05, 4.69) is 20.8 Å². The fourth-order valence-electron chi connectivity index (χ4n) is 8.17. The lowest BCUT2D eigenvalue weighted by Crippen LogP contribution is -2.58. The highest BCUT2D eigenvalue weighted by Crippen LogP contribution is 2.65. The number of aryl methyl sites for hydroxylation is 3. The third-order valence-corrected chi connectivity index (χ3v) is 10.0. The van der Waals surface area contributed by atoms with Gasteiger partial charge in [-0.15, -0.1) is 21.5 Å². The average molecular weight is 480 g/mol. The fraction of sp³-hybridized carbons (Fsp3) is 0.667. The molecule has 8 rings (SSSR count). The third kappa shape index (κ3) is 3.03. The third-order valence-electron chi connectivity index (χ3n) is 8.85. The highest BCUT2D eigenvalue weighted by Gasteiger charge is 2.59. The number of hydrogen-bond acceptors (Lipinski definition) is 7. The molecule has 4 fully saturated rings. The molecule has 178 valence electrons. The summed E-state index contributed by atoms with van der Waals surface area (Å²) in [6, 6.07) is 0. The summed E-state index contributed by atoms with van der Waals surface area (Å²) in [4.78, 5) is 35.5. The van der Waals surface area contributed by atoms with Crippen molar-refractivity contribution in [2.24, 2.45) is 17.3 Å². The van der Waals surface area contributed by atoms with Crippen LogP contribution in [0.3, 0.4) is 0 Å². The van der Waals surface area contributed by atoms with Gasteiger partial charge >= 0.3 is 0 Å². The second-order valence-corrected chi connectivity index (χ2v) is 12.4. The molecule has 0 aliphatic heterocycles. The molecule has 0 aromatic carbocycles. The number of fused-ring (bicyclic) bond motifs is 3. The van der Waals surface area contributed by atoms with Crippen molar-refractivity contribution in [1.29, 1.82) is 0 Å². The largest absolute Gasteiger partial charge is 0.281 e. The van der Waals surface area contributed by atoms with Crippen LogP contribution in [-0.2, 0) is 23.2 Å². The molecular weight excluding hydrogens is 450 g/mol. The quantitative estimate of drug-likeness (QED) is 0.616. The van der Waals surface area contributed by atoms with Crippen LogP contribution in [0.2, 0.25) is 0 Å². The van der Waals surface area contributed by atoms with E-state index in [0.717, 1.165) is 61.8 Å². The summed E-state index contributed by atoms with van der Waals surface area (Å²) >= 11 is 1.64. The summed E-state index contributed by atoms with van der Waals surface area (Å²) in [6.45, 7) is 1.80. The van der Waals surface area contributed by atoms with E-state index in [1.54, 1.807) is 18.3 Å². The topological polar surface area (TPSA) is 108 Å². The minimum Gasteiger partial charge on any atom is -0.273 e. The van der Waals surface area contributed by atoms with Crippen molar-refractivity contribution >= 4 is 27.5 Å². The molecule has 1 amide bonds. The van der Waals surface area contributed by atoms with E-state index in [0.29, 0.717) is 29.5 Å². The van der Waals surface area contributed by atoms with E-state index in [1.807, 2.05) is 4.80 Å². The maximum Gasteiger partial charge on any atom is 0.281 e. The van der Waals surface area contributed by atoms with Crippen LogP contribution in [0.5, 0.6) is 0 Å². The zero-order valence-corrected chi connectivity index (χ0v) is 20.2. The number of nitrogens with zero attached hydrogens (tertiary/aromatic N) is 6. The van der Waals surface area contributed by atoms with Crippen LogP contribution in [-0.4, -0.2) is 35.8 Å². The number of amides is 1. The van der Waals surface area contributed by atoms with Crippen molar-refractivity contribution < 1.29 is 4.79 Å². The number of hydrogen-bond donors (Lipinski definition) is 1. The second kappa shape index (κ2) is 7.19. The van der Waals surface area contributed by atoms with E-state index < -0.39 is 0 Å². The Morgan fingerprint density at radius 3 is 2.76 bits per heavy atom. The summed E-state index contributed by atoms with van der Waals surface area (Å²) in [7, 11) is 0. The number of aromatic nitrogens is 6. The van der Waals surface area contributed by atoms with Gasteiger partial charge < -0.3 is 0 Å². The van der Waals surface area contributed by atoms with Gasteiger partial charge in [0.25, 0.3) is 5.56 Å². The summed E-state index contributed by atoms with van der Waals surface area (Å²) in [6.07, 6.45) is 12.6. The zero-order valence-electron chi connectivity index (χ0n) is 19.4. The van der Waals surface area contributed by atoms with Crippen LogP contribution >= 0.6 is 11.3 Å². The molecule has 3 aromatic heterocycles. The van der Waals surface area contributed by atoms with Gasteiger partial charge in [-0.1, -0.05) is 0 Å². The highest BCUT2D eigenvalue weighted by atomic mass is 32.1. The van der Waals surface area contributed by atoms with Crippen molar-refractivity contribution in [3.63, 3.8) is 0 Å². The molecule has 4 bridgehead atoms. The Morgan fingerprint density at radius 1 is 1.21 bits per heavy atom. The van der Waals surface area contributed by atoms with Gasteiger partial charge in [-0.25, -0.2) is 9.66 Å². The van der Waals surface area contributed by atoms with Crippen LogP contribution in [0.15, 0.2) is 11.1 Å². The van der Waals surface area contributed by atoms with Crippen LogP contribution in [0.1, 0.15) is 74.1 Å². The maximum atomic E-state index is 13.5. The van der Waals surface area contributed by atoms with Gasteiger partial charge in [0.05, 0.1) is 10.9 Å². The summed E-state index contributed by atoms with van der Waals surface area (Å²) in [5.41, 5.74) is 3.77. The average Bonchev–Trinajstić information content (AvgIpc) is 3.44. The predicted octanol–water partition coefficient (Wildman–Crippen LogP) is 3.09. The molecule has 4 saturated carbocycles. The van der Waals surface area contributed by atoms with E-state index in [1.165, 1.54) is 28.7 Å². The van der Waals surface area contributed by atoms with Gasteiger partial charge in [-0.3, -0.25) is 15.0 Å². The lowest BCUT2D eigenvalue weighted by molar-refractivity contribution is -0.136. The fourth-order valence-corrected chi connectivity index (χ4v) is 9.47. The van der Waals surface area contributed by atoms with Crippen molar-refractivity contribution in [3.05, 3.63) is 32.9 Å². The molecule has 3 heterocycles. The van der Waals surface area contributed by atoms with E-state index in [9.17, 15) is 9.59 Å². The Balaban J connectivity index is 1.18. The zero-order chi connectivity index (χ0) is 23.1. The Morgan fingerprint density at radius 2 is 2.00 bits per heavy atom. The van der Waals surface area contributed by atoms with Gasteiger partial charge in [0.15, 0.2) is 6.33 Å². The molecule has 5 aliphatic carbocycles. The van der Waals surface area contributed by atoms with Crippen molar-refractivity contribution in [1.82, 2.24) is 29.9 Å². The molecule has 0 spiro atoms. The number of carbonyl (C=O) groups is 1. The minimum atomic E-state index is -0.135. The molecular formula is C24H29N7O2S. The normalized spacial score (nSPS) is 31.7. The van der Waals surface area contributed by atoms with Crippen LogP contribution in [0.25, 0.3) is 10.2 Å². The number of thiophene rings is 1. The molecule has 0 radical (unpaired) electrons. The Kier molecular flexibility index (Phi) is 4.39. The van der Waals surface area contributed by atoms with Crippen molar-refractivity contribution in [3.8, 4) is 0 Å². The molecule has 1 N–H and O–H groups in total. The molecule has 3 aromatic rings. The monoisotopic (exact) mass is 479 g/mol. The van der Waals surface area contributed by atoms with Crippen molar-refractivity contribution in [2.45, 2.75) is 83.1 Å². The minimum absolute atomic E-state index is 0.0710. The van der Waals surface area contributed by atoms with Gasteiger partial charge in [-0.05, 0) is 99.2 Å². The lowest BCUT2D eigenvalue weighted by atomic mass is 9.46. The number of carbonyl (C=O) groups excluding carboxylic acids is 1. The van der Waals surface area contributed by atoms with Gasteiger partial charge in [-0.2, -0.15) is 4.80 Å². The number of tetrazole rings is 1. The number of nitrogens with one attached hydrogen (secondary N) is 1. The molecule has 34 heavy (non-hydrogen) atoms. The van der Waals surface area contributed by atoms with Gasteiger partial charge in [0, 0.05) is 11.3 Å². The van der Waals surface area contributed by atoms with Crippen LogP contribution < -0.4 is 11.0 Å². The summed E-state index contributed by atoms with van der Waals surface area (Å²) in [5.74, 6) is 1.64. The summed E-state index contributed by atoms with van der Waals surface area (Å²) < 4.78 is 1.39. The smallest absolute Gasteiger partial charge is 0.273 e. The van der Waals surface area contributed by atoms with Crippen molar-refractivity contribution in [2.75, 3.05) is 5.43 Å². The molecule has 2 unspecified atom stereocenters. The Bertz CT molecular complexity index is 1340. The lowest BCUT2D eigenvalue weighted by Gasteiger charge is -2.61. The van der Waals surface area contributed by atoms with Gasteiger partial charge in [0.1, 0.15) is 10.7 Å². The Labute approximate surface area is 200 Å². The molecule has 0 saturated heterocycles. The molecule has 5 aliphatic rings. The van der Waals surface area contributed by atoms with E-state index in [-0.39, 0.29) is 22.4 Å². The second-order valence-electron chi connectivity index (χ2n) is 11.3. The SMILES string of the molecule is Cc1nc2sc3c(c2c(=O)n1NC(=O)CC12CC4CC(C1)CC(n1ncnn1)(C4)C2)CCCC3. The maximum absolute atomic E-state index is 13.5. The first-order chi connectivity index (χ1) is 16.4. The Hall–Kier alpha value is -2.62. The van der Waals surface area contributed by atoms with Crippen LogP contribution in [0.4, 0.5) is 0 Å². The van der Waals surface area contributed by atoms with Crippen LogP contribution in [0, 0.1) is 24.2 Å². The standard InChI is InChI=1S/C24H29N7O2S/c1-14-27-21-20(17-4-2-3-5-18(17)34-21)22(33)30(14)28-19(32)11-23-7-15-6-16(8-23)10-24(9-15,12-23)31-26-13-25-29-31/h13,15-16H,2-12H2,1H3,(H,28,32). The van der Waals surface area contributed by atoms with Gasteiger partial charge in [0.2, 0.25) is 5.91 Å². The predicted molar refractivity (Wildman–Crippen MR) is 127 cm³/mol. The first-order valence-corrected chi connectivity index (χ1v) is 13.3. The molecule has 2 atom stereocenters. The first kappa shape index (κ1) is 20.7. The van der Waals surface area contributed by atoms with E-state index in [4.69, 9.17) is 4.98 Å². The first-order valence-electron chi connectivity index (χ1n) is 12.5. The molecule has 9 nitrogen and oxygen atoms in total. The highest BCUT2D eigenvalue weighted by molar-refractivity contribution is 7.18. The van der Waals surface area contributed by atoms with E-state index >= 15 is 0 Å². The summed E-state index contributed by atoms with van der Waals surface area (Å²) in [5, 5.41) is 13.3.